The highest BCUT2D eigenvalue weighted by Gasteiger charge is 2.17. The van der Waals surface area contributed by atoms with E-state index in [2.05, 4.69) is 79.9 Å². The van der Waals surface area contributed by atoms with Crippen molar-refractivity contribution in [2.24, 2.45) is 0 Å². The fraction of sp³-hybridized carbons (Fsp3) is 0.174. The Balaban J connectivity index is 2.14. The molecule has 122 valence electrons. The zero-order chi connectivity index (χ0) is 17.6. The van der Waals surface area contributed by atoms with E-state index in [1.807, 2.05) is 18.2 Å². The molecule has 1 heterocycles. The highest BCUT2D eigenvalue weighted by atomic mass is 15.0. The van der Waals surface area contributed by atoms with Crippen LogP contribution in [0.2, 0.25) is 0 Å². The van der Waals surface area contributed by atoms with E-state index in [1.54, 1.807) is 0 Å². The van der Waals surface area contributed by atoms with Gasteiger partial charge >= 0.3 is 0 Å². The molecule has 0 unspecified atom stereocenters. The van der Waals surface area contributed by atoms with E-state index < -0.39 is 0 Å². The number of hydrogen-bond acceptors (Lipinski definition) is 1. The van der Waals surface area contributed by atoms with Crippen molar-refractivity contribution in [2.45, 2.75) is 26.2 Å². The Labute approximate surface area is 147 Å². The first kappa shape index (κ1) is 15.5. The maximum atomic E-state index is 9.57. The number of hydrogen-bond donors (Lipinski definition) is 0. The Hall–Kier alpha value is -3.05. The molecule has 0 saturated heterocycles. The van der Waals surface area contributed by atoms with Crippen molar-refractivity contribution in [3.63, 3.8) is 0 Å². The van der Waals surface area contributed by atoms with Crippen LogP contribution in [0.15, 0.2) is 66.7 Å². The van der Waals surface area contributed by atoms with Crippen molar-refractivity contribution in [2.75, 3.05) is 0 Å². The van der Waals surface area contributed by atoms with Crippen molar-refractivity contribution in [3.05, 3.63) is 77.9 Å². The highest BCUT2D eigenvalue weighted by Crippen LogP contribution is 2.34. The minimum absolute atomic E-state index is 0.0899. The van der Waals surface area contributed by atoms with Gasteiger partial charge in [-0.2, -0.15) is 5.26 Å². The molecule has 0 aliphatic carbocycles. The largest absolute Gasteiger partial charge is 0.309 e. The first-order valence-electron chi connectivity index (χ1n) is 8.54. The first-order valence-corrected chi connectivity index (χ1v) is 8.54. The number of fused-ring (bicyclic) bond motifs is 3. The quantitative estimate of drug-likeness (QED) is 0.425. The topological polar surface area (TPSA) is 28.7 Å². The van der Waals surface area contributed by atoms with Gasteiger partial charge in [-0.05, 0) is 41.3 Å². The van der Waals surface area contributed by atoms with Gasteiger partial charge < -0.3 is 4.57 Å². The molecule has 0 saturated carbocycles. The van der Waals surface area contributed by atoms with Gasteiger partial charge in [-0.3, -0.25) is 0 Å². The second-order valence-corrected chi connectivity index (χ2v) is 7.46. The number of para-hydroxylation sites is 1. The van der Waals surface area contributed by atoms with Gasteiger partial charge in [0.05, 0.1) is 22.7 Å². The molecule has 25 heavy (non-hydrogen) atoms. The molecule has 0 spiro atoms. The molecule has 0 N–H and O–H groups in total. The highest BCUT2D eigenvalue weighted by molar-refractivity contribution is 6.11. The standard InChI is InChI=1S/C23H20N2/c1-23(2,3)17-9-7-10-18(14-17)25-20-12-5-4-11-19(20)22-16(15-24)8-6-13-21(22)25/h4-14H,1-3H3. The fourth-order valence-corrected chi connectivity index (χ4v) is 3.50. The molecule has 0 aliphatic heterocycles. The van der Waals surface area contributed by atoms with Crippen molar-refractivity contribution in [1.29, 1.82) is 5.26 Å². The molecule has 0 atom stereocenters. The summed E-state index contributed by atoms with van der Waals surface area (Å²) in [7, 11) is 0. The van der Waals surface area contributed by atoms with Gasteiger partial charge in [0.2, 0.25) is 0 Å². The van der Waals surface area contributed by atoms with E-state index in [1.165, 1.54) is 5.56 Å². The molecule has 4 aromatic rings. The van der Waals surface area contributed by atoms with Crippen LogP contribution in [0.5, 0.6) is 0 Å². The van der Waals surface area contributed by atoms with Gasteiger partial charge in [0.15, 0.2) is 0 Å². The smallest absolute Gasteiger partial charge is 0.0998 e. The normalized spacial score (nSPS) is 11.8. The van der Waals surface area contributed by atoms with Crippen molar-refractivity contribution in [1.82, 2.24) is 4.57 Å². The predicted octanol–water partition coefficient (Wildman–Crippen LogP) is 5.95. The van der Waals surface area contributed by atoms with E-state index in [0.717, 1.165) is 33.1 Å². The Morgan fingerprint density at radius 3 is 2.32 bits per heavy atom. The van der Waals surface area contributed by atoms with Gasteiger partial charge in [0.1, 0.15) is 0 Å². The van der Waals surface area contributed by atoms with Crippen LogP contribution in [0, 0.1) is 11.3 Å². The molecule has 0 amide bonds. The van der Waals surface area contributed by atoms with Crippen LogP contribution in [0.3, 0.4) is 0 Å². The van der Waals surface area contributed by atoms with Crippen LogP contribution in [-0.2, 0) is 5.41 Å². The summed E-state index contributed by atoms with van der Waals surface area (Å²) in [5.74, 6) is 0. The molecule has 4 rings (SSSR count). The van der Waals surface area contributed by atoms with E-state index in [9.17, 15) is 5.26 Å². The van der Waals surface area contributed by atoms with Crippen LogP contribution in [0.4, 0.5) is 0 Å². The Bertz CT molecular complexity index is 1130. The summed E-state index contributed by atoms with van der Waals surface area (Å²) in [6.45, 7) is 6.68. The Morgan fingerprint density at radius 1 is 0.840 bits per heavy atom. The molecule has 0 bridgehead atoms. The zero-order valence-electron chi connectivity index (χ0n) is 14.7. The Morgan fingerprint density at radius 2 is 1.56 bits per heavy atom. The average Bonchev–Trinajstić information content (AvgIpc) is 2.95. The Kier molecular flexibility index (Phi) is 3.40. The molecule has 1 aromatic heterocycles. The maximum Gasteiger partial charge on any atom is 0.0998 e. The monoisotopic (exact) mass is 324 g/mol. The molecule has 0 radical (unpaired) electrons. The molecular weight excluding hydrogens is 304 g/mol. The van der Waals surface area contributed by atoms with E-state index in [-0.39, 0.29) is 5.41 Å². The lowest BCUT2D eigenvalue weighted by atomic mass is 9.87. The first-order chi connectivity index (χ1) is 12.0. The third-order valence-corrected chi connectivity index (χ3v) is 4.79. The summed E-state index contributed by atoms with van der Waals surface area (Å²) in [4.78, 5) is 0. The summed E-state index contributed by atoms with van der Waals surface area (Å²) in [6, 6.07) is 25.3. The lowest BCUT2D eigenvalue weighted by Gasteiger charge is -2.20. The van der Waals surface area contributed by atoms with E-state index in [4.69, 9.17) is 0 Å². The van der Waals surface area contributed by atoms with Crippen LogP contribution < -0.4 is 0 Å². The van der Waals surface area contributed by atoms with Crippen molar-refractivity contribution < 1.29 is 0 Å². The minimum atomic E-state index is 0.0899. The summed E-state index contributed by atoms with van der Waals surface area (Å²) < 4.78 is 2.26. The number of benzene rings is 3. The molecule has 3 aromatic carbocycles. The van der Waals surface area contributed by atoms with Gasteiger partial charge in [-0.1, -0.05) is 57.2 Å². The van der Waals surface area contributed by atoms with E-state index >= 15 is 0 Å². The summed E-state index contributed by atoms with van der Waals surface area (Å²) in [6.07, 6.45) is 0. The van der Waals surface area contributed by atoms with Gasteiger partial charge in [-0.25, -0.2) is 0 Å². The third kappa shape index (κ3) is 2.40. The maximum absolute atomic E-state index is 9.57. The summed E-state index contributed by atoms with van der Waals surface area (Å²) >= 11 is 0. The van der Waals surface area contributed by atoms with Gasteiger partial charge in [-0.15, -0.1) is 0 Å². The third-order valence-electron chi connectivity index (χ3n) is 4.79. The second-order valence-electron chi connectivity index (χ2n) is 7.46. The summed E-state index contributed by atoms with van der Waals surface area (Å²) in [5.41, 5.74) is 5.45. The van der Waals surface area contributed by atoms with Crippen LogP contribution >= 0.6 is 0 Å². The molecule has 0 fully saturated rings. The van der Waals surface area contributed by atoms with Crippen LogP contribution in [0.1, 0.15) is 31.9 Å². The van der Waals surface area contributed by atoms with Crippen molar-refractivity contribution in [3.8, 4) is 11.8 Å². The van der Waals surface area contributed by atoms with Gasteiger partial charge in [0.25, 0.3) is 0 Å². The average molecular weight is 324 g/mol. The van der Waals surface area contributed by atoms with Crippen LogP contribution in [-0.4, -0.2) is 4.57 Å². The number of nitrogens with zero attached hydrogens (tertiary/aromatic N) is 2. The lowest BCUT2D eigenvalue weighted by Crippen LogP contribution is -2.11. The van der Waals surface area contributed by atoms with Crippen LogP contribution in [0.25, 0.3) is 27.5 Å². The summed E-state index contributed by atoms with van der Waals surface area (Å²) in [5, 5.41) is 11.7. The number of aromatic nitrogens is 1. The zero-order valence-corrected chi connectivity index (χ0v) is 14.7. The second kappa shape index (κ2) is 5.50. The lowest BCUT2D eigenvalue weighted by molar-refractivity contribution is 0.590. The molecule has 2 nitrogen and oxygen atoms in total. The van der Waals surface area contributed by atoms with Gasteiger partial charge in [0, 0.05) is 16.5 Å². The molecule has 2 heteroatoms. The predicted molar refractivity (Wildman–Crippen MR) is 104 cm³/mol. The minimum Gasteiger partial charge on any atom is -0.309 e. The molecule has 0 aliphatic rings. The SMILES string of the molecule is CC(C)(C)c1cccc(-n2c3ccccc3c3c(C#N)cccc32)c1. The van der Waals surface area contributed by atoms with Crippen molar-refractivity contribution >= 4 is 21.8 Å². The van der Waals surface area contributed by atoms with E-state index in [0.29, 0.717) is 0 Å². The number of nitriles is 1. The fourth-order valence-electron chi connectivity index (χ4n) is 3.50. The molecular formula is C23H20N2. The number of rotatable bonds is 1.